The largest absolute Gasteiger partial charge is 0.351 e. The second kappa shape index (κ2) is 8.14. The number of nitrogens with one attached hydrogen (secondary N) is 2. The molecule has 3 rings (SSSR count). The Morgan fingerprint density at radius 3 is 2.65 bits per heavy atom. The second-order valence-corrected chi connectivity index (χ2v) is 6.78. The van der Waals surface area contributed by atoms with E-state index in [1.165, 1.54) is 23.4 Å². The van der Waals surface area contributed by atoms with E-state index in [0.29, 0.717) is 12.3 Å². The summed E-state index contributed by atoms with van der Waals surface area (Å²) in [4.78, 5) is 19.4. The summed E-state index contributed by atoms with van der Waals surface area (Å²) in [6.07, 6.45) is 1.77. The Kier molecular flexibility index (Phi) is 5.68. The normalized spacial score (nSPS) is 10.7. The minimum absolute atomic E-state index is 0.0913. The summed E-state index contributed by atoms with van der Waals surface area (Å²) in [7, 11) is 0. The minimum Gasteiger partial charge on any atom is -0.351 e. The van der Waals surface area contributed by atoms with Crippen LogP contribution in [0.25, 0.3) is 11.3 Å². The molecule has 0 fully saturated rings. The fourth-order valence-corrected chi connectivity index (χ4v) is 3.01. The van der Waals surface area contributed by atoms with Gasteiger partial charge in [0.1, 0.15) is 0 Å². The Balaban J connectivity index is 1.48. The fourth-order valence-electron chi connectivity index (χ4n) is 2.31. The van der Waals surface area contributed by atoms with Crippen molar-refractivity contribution in [2.75, 3.05) is 12.3 Å². The van der Waals surface area contributed by atoms with Crippen LogP contribution in [-0.2, 0) is 0 Å². The van der Waals surface area contributed by atoms with Crippen molar-refractivity contribution in [3.05, 3.63) is 71.4 Å². The van der Waals surface area contributed by atoms with Crippen LogP contribution < -0.4 is 5.32 Å². The number of aromatic nitrogens is 2. The van der Waals surface area contributed by atoms with E-state index in [-0.39, 0.29) is 5.56 Å². The van der Waals surface area contributed by atoms with Gasteiger partial charge in [-0.2, -0.15) is 0 Å². The number of carbonyl (C=O) groups is 1. The highest BCUT2D eigenvalue weighted by molar-refractivity contribution is 7.99. The van der Waals surface area contributed by atoms with Crippen molar-refractivity contribution >= 4 is 17.7 Å². The third-order valence-corrected chi connectivity index (χ3v) is 4.61. The molecule has 0 spiro atoms. The minimum atomic E-state index is -1.04. The molecule has 2 N–H and O–H groups in total. The molecule has 0 aliphatic rings. The van der Waals surface area contributed by atoms with Crippen molar-refractivity contribution in [2.24, 2.45) is 0 Å². The molecule has 1 aromatic heterocycles. The summed E-state index contributed by atoms with van der Waals surface area (Å²) in [5.74, 6) is -1.86. The van der Waals surface area contributed by atoms with Gasteiger partial charge < -0.3 is 10.3 Å². The number of hydrogen-bond donors (Lipinski definition) is 2. The molecule has 7 heteroatoms. The zero-order chi connectivity index (χ0) is 18.5. The summed E-state index contributed by atoms with van der Waals surface area (Å²) < 4.78 is 26.0. The lowest BCUT2D eigenvalue weighted by Gasteiger charge is -2.05. The van der Waals surface area contributed by atoms with Crippen molar-refractivity contribution in [1.82, 2.24) is 15.3 Å². The average molecular weight is 373 g/mol. The quantitative estimate of drug-likeness (QED) is 0.503. The molecule has 134 valence electrons. The van der Waals surface area contributed by atoms with Gasteiger partial charge in [-0.15, -0.1) is 0 Å². The Labute approximate surface area is 154 Å². The van der Waals surface area contributed by atoms with Gasteiger partial charge in [0.15, 0.2) is 16.8 Å². The molecule has 0 unspecified atom stereocenters. The van der Waals surface area contributed by atoms with Crippen molar-refractivity contribution in [3.63, 3.8) is 0 Å². The third kappa shape index (κ3) is 4.49. The van der Waals surface area contributed by atoms with Crippen molar-refractivity contribution in [2.45, 2.75) is 12.1 Å². The first-order valence-corrected chi connectivity index (χ1v) is 8.99. The van der Waals surface area contributed by atoms with Gasteiger partial charge in [-0.05, 0) is 30.7 Å². The number of aromatic amines is 1. The van der Waals surface area contributed by atoms with Crippen LogP contribution in [0.2, 0.25) is 0 Å². The lowest BCUT2D eigenvalue weighted by atomic mass is 10.1. The lowest BCUT2D eigenvalue weighted by molar-refractivity contribution is 0.0955. The van der Waals surface area contributed by atoms with Gasteiger partial charge in [-0.3, -0.25) is 4.79 Å². The Bertz CT molecular complexity index is 909. The van der Waals surface area contributed by atoms with Gasteiger partial charge in [0.05, 0.1) is 11.9 Å². The van der Waals surface area contributed by atoms with Crippen LogP contribution in [0.3, 0.4) is 0 Å². The first-order valence-electron chi connectivity index (χ1n) is 8.01. The molecule has 26 heavy (non-hydrogen) atoms. The smallest absolute Gasteiger partial charge is 0.251 e. The summed E-state index contributed by atoms with van der Waals surface area (Å²) in [5.41, 5.74) is 3.27. The van der Waals surface area contributed by atoms with E-state index in [2.05, 4.69) is 15.3 Å². The number of imidazole rings is 1. The highest BCUT2D eigenvalue weighted by Crippen LogP contribution is 2.21. The van der Waals surface area contributed by atoms with E-state index >= 15 is 0 Å². The highest BCUT2D eigenvalue weighted by Gasteiger charge is 2.09. The molecule has 2 aromatic carbocycles. The number of hydrogen-bond acceptors (Lipinski definition) is 3. The van der Waals surface area contributed by atoms with E-state index in [4.69, 9.17) is 0 Å². The molecule has 0 atom stereocenters. The molecule has 0 saturated carbocycles. The lowest BCUT2D eigenvalue weighted by Crippen LogP contribution is -2.25. The van der Waals surface area contributed by atoms with Crippen LogP contribution in [0.15, 0.2) is 53.8 Å². The molecule has 0 aliphatic heterocycles. The van der Waals surface area contributed by atoms with E-state index in [9.17, 15) is 13.6 Å². The second-order valence-electron chi connectivity index (χ2n) is 5.70. The number of thioether (sulfide) groups is 1. The Hall–Kier alpha value is -2.67. The van der Waals surface area contributed by atoms with Crippen LogP contribution in [0.1, 0.15) is 15.9 Å². The number of aryl methyl sites for hydroxylation is 1. The number of carbonyl (C=O) groups excluding carboxylic acids is 1. The first-order chi connectivity index (χ1) is 12.5. The number of nitrogens with zero attached hydrogens (tertiary/aromatic N) is 1. The van der Waals surface area contributed by atoms with Gasteiger partial charge in [-0.25, -0.2) is 13.8 Å². The van der Waals surface area contributed by atoms with Gasteiger partial charge >= 0.3 is 0 Å². The number of benzene rings is 2. The average Bonchev–Trinajstić information content (AvgIpc) is 3.10. The molecule has 0 radical (unpaired) electrons. The molecule has 0 saturated heterocycles. The number of amides is 1. The molecule has 0 aliphatic carbocycles. The van der Waals surface area contributed by atoms with Crippen molar-refractivity contribution in [1.29, 1.82) is 0 Å². The summed E-state index contributed by atoms with van der Waals surface area (Å²) in [6.45, 7) is 2.41. The van der Waals surface area contributed by atoms with Crippen LogP contribution in [-0.4, -0.2) is 28.2 Å². The molecular formula is C19H17F2N3OS. The SMILES string of the molecule is Cc1ccc(-c2cnc(SCCNC(=O)c3ccc(F)c(F)c3)[nH]2)cc1. The van der Waals surface area contributed by atoms with Gasteiger partial charge in [0, 0.05) is 17.9 Å². The van der Waals surface area contributed by atoms with E-state index < -0.39 is 17.5 Å². The van der Waals surface area contributed by atoms with Crippen molar-refractivity contribution < 1.29 is 13.6 Å². The van der Waals surface area contributed by atoms with Crippen LogP contribution in [0.5, 0.6) is 0 Å². The van der Waals surface area contributed by atoms with Gasteiger partial charge in [0.2, 0.25) is 0 Å². The maximum Gasteiger partial charge on any atom is 0.251 e. The first kappa shape index (κ1) is 18.1. The third-order valence-electron chi connectivity index (χ3n) is 3.72. The standard InChI is InChI=1S/C19H17F2N3OS/c1-12-2-4-13(5-3-12)17-11-23-19(24-17)26-9-8-22-18(25)14-6-7-15(20)16(21)10-14/h2-7,10-11H,8-9H2,1H3,(H,22,25)(H,23,24). The number of halogens is 2. The highest BCUT2D eigenvalue weighted by atomic mass is 32.2. The molecule has 0 bridgehead atoms. The van der Waals surface area contributed by atoms with Crippen LogP contribution in [0.4, 0.5) is 8.78 Å². The summed E-state index contributed by atoms with van der Waals surface area (Å²) in [6, 6.07) is 11.2. The molecule has 4 nitrogen and oxygen atoms in total. The van der Waals surface area contributed by atoms with E-state index in [1.54, 1.807) is 6.20 Å². The van der Waals surface area contributed by atoms with E-state index in [0.717, 1.165) is 28.5 Å². The Morgan fingerprint density at radius 1 is 1.15 bits per heavy atom. The molecule has 3 aromatic rings. The maximum atomic E-state index is 13.1. The number of H-pyrrole nitrogens is 1. The topological polar surface area (TPSA) is 57.8 Å². The monoisotopic (exact) mass is 373 g/mol. The zero-order valence-electron chi connectivity index (χ0n) is 14.1. The molecular weight excluding hydrogens is 356 g/mol. The van der Waals surface area contributed by atoms with Gasteiger partial charge in [-0.1, -0.05) is 41.6 Å². The van der Waals surface area contributed by atoms with Crippen LogP contribution in [0, 0.1) is 18.6 Å². The summed E-state index contributed by atoms with van der Waals surface area (Å²) >= 11 is 1.47. The van der Waals surface area contributed by atoms with Gasteiger partial charge in [0.25, 0.3) is 5.91 Å². The van der Waals surface area contributed by atoms with Crippen LogP contribution >= 0.6 is 11.8 Å². The Morgan fingerprint density at radius 2 is 1.92 bits per heavy atom. The zero-order valence-corrected chi connectivity index (χ0v) is 14.9. The maximum absolute atomic E-state index is 13.1. The predicted molar refractivity (Wildman–Crippen MR) is 98.2 cm³/mol. The molecule has 1 heterocycles. The summed E-state index contributed by atoms with van der Waals surface area (Å²) in [5, 5.41) is 3.42. The van der Waals surface area contributed by atoms with Crippen molar-refractivity contribution in [3.8, 4) is 11.3 Å². The van der Waals surface area contributed by atoms with E-state index in [1.807, 2.05) is 31.2 Å². The molecule has 1 amide bonds. The number of rotatable bonds is 6. The fraction of sp³-hybridized carbons (Fsp3) is 0.158. The predicted octanol–water partition coefficient (Wildman–Crippen LogP) is 4.19.